The number of nitrogens with one attached hydrogen (secondary N) is 1. The van der Waals surface area contributed by atoms with Gasteiger partial charge in [-0.25, -0.2) is 0 Å². The fourth-order valence-electron chi connectivity index (χ4n) is 2.21. The Morgan fingerprint density at radius 1 is 1.38 bits per heavy atom. The first-order valence-corrected chi connectivity index (χ1v) is 5.60. The third kappa shape index (κ3) is 1.89. The molecule has 0 radical (unpaired) electrons. The van der Waals surface area contributed by atoms with Crippen molar-refractivity contribution in [1.29, 1.82) is 0 Å². The van der Waals surface area contributed by atoms with Crippen molar-refractivity contribution in [3.05, 3.63) is 0 Å². The minimum Gasteiger partial charge on any atom is -0.311 e. The van der Waals surface area contributed by atoms with Crippen LogP contribution >= 0.6 is 0 Å². The largest absolute Gasteiger partial charge is 0.311 e. The summed E-state index contributed by atoms with van der Waals surface area (Å²) in [6.45, 7) is 10.7. The Morgan fingerprint density at radius 3 is 2.62 bits per heavy atom. The second-order valence-corrected chi connectivity index (χ2v) is 5.25. The van der Waals surface area contributed by atoms with Crippen molar-refractivity contribution in [3.8, 4) is 0 Å². The van der Waals surface area contributed by atoms with Crippen molar-refractivity contribution in [2.75, 3.05) is 19.6 Å². The molecule has 0 bridgehead atoms. The zero-order valence-electron chi connectivity index (χ0n) is 9.14. The lowest BCUT2D eigenvalue weighted by molar-refractivity contribution is 0.122. The predicted octanol–water partition coefficient (Wildman–Crippen LogP) is 1.47. The van der Waals surface area contributed by atoms with Crippen LogP contribution in [0.15, 0.2) is 0 Å². The summed E-state index contributed by atoms with van der Waals surface area (Å²) in [5, 5.41) is 3.61. The van der Waals surface area contributed by atoms with Gasteiger partial charge in [0, 0.05) is 31.2 Å². The van der Waals surface area contributed by atoms with E-state index in [9.17, 15) is 0 Å². The van der Waals surface area contributed by atoms with Crippen molar-refractivity contribution in [3.63, 3.8) is 0 Å². The average molecular weight is 182 g/mol. The minimum atomic E-state index is 0.579. The Bertz CT molecular complexity index is 185. The van der Waals surface area contributed by atoms with Gasteiger partial charge >= 0.3 is 0 Å². The van der Waals surface area contributed by atoms with Gasteiger partial charge in [-0.3, -0.25) is 4.90 Å². The second-order valence-electron chi connectivity index (χ2n) is 5.25. The number of rotatable bonds is 2. The average Bonchev–Trinajstić information content (AvgIpc) is 2.85. The lowest BCUT2D eigenvalue weighted by Crippen LogP contribution is -2.55. The first-order chi connectivity index (χ1) is 6.12. The third-order valence-electron chi connectivity index (χ3n) is 3.75. The lowest BCUT2D eigenvalue weighted by Gasteiger charge is -2.39. The maximum atomic E-state index is 3.61. The van der Waals surface area contributed by atoms with E-state index in [0.717, 1.165) is 5.92 Å². The Labute approximate surface area is 81.7 Å². The monoisotopic (exact) mass is 182 g/mol. The standard InChI is InChI=1S/C11H22N2/c1-9(2)10-8-13(7-6-12-10)11(3)4-5-11/h9-10,12H,4-8H2,1-3H3. The first-order valence-electron chi connectivity index (χ1n) is 5.60. The van der Waals surface area contributed by atoms with Crippen LogP contribution in [0.1, 0.15) is 33.6 Å². The summed E-state index contributed by atoms with van der Waals surface area (Å²) in [6, 6.07) is 0.714. The summed E-state index contributed by atoms with van der Waals surface area (Å²) in [4.78, 5) is 2.69. The molecule has 1 N–H and O–H groups in total. The molecule has 1 heterocycles. The molecule has 0 spiro atoms. The Morgan fingerprint density at radius 2 is 2.08 bits per heavy atom. The van der Waals surface area contributed by atoms with Crippen LogP contribution < -0.4 is 5.32 Å². The van der Waals surface area contributed by atoms with Crippen LogP contribution in [0.25, 0.3) is 0 Å². The molecule has 76 valence electrons. The van der Waals surface area contributed by atoms with E-state index >= 15 is 0 Å². The van der Waals surface area contributed by atoms with Crippen LogP contribution in [-0.2, 0) is 0 Å². The van der Waals surface area contributed by atoms with Gasteiger partial charge < -0.3 is 5.32 Å². The quantitative estimate of drug-likeness (QED) is 0.695. The Balaban J connectivity index is 1.92. The highest BCUT2D eigenvalue weighted by Gasteiger charge is 2.44. The molecular weight excluding hydrogens is 160 g/mol. The highest BCUT2D eigenvalue weighted by molar-refractivity contribution is 5.02. The van der Waals surface area contributed by atoms with Gasteiger partial charge in [0.15, 0.2) is 0 Å². The fourth-order valence-corrected chi connectivity index (χ4v) is 2.21. The zero-order valence-corrected chi connectivity index (χ0v) is 9.14. The molecule has 2 heteroatoms. The summed E-state index contributed by atoms with van der Waals surface area (Å²) in [5.74, 6) is 0.769. The first kappa shape index (κ1) is 9.47. The van der Waals surface area contributed by atoms with Gasteiger partial charge in [0.2, 0.25) is 0 Å². The number of piperazine rings is 1. The van der Waals surface area contributed by atoms with Crippen molar-refractivity contribution in [1.82, 2.24) is 10.2 Å². The van der Waals surface area contributed by atoms with Gasteiger partial charge in [-0.1, -0.05) is 13.8 Å². The Hall–Kier alpha value is -0.0800. The van der Waals surface area contributed by atoms with E-state index < -0.39 is 0 Å². The molecule has 1 aliphatic carbocycles. The summed E-state index contributed by atoms with van der Waals surface area (Å²) in [6.07, 6.45) is 2.83. The molecule has 1 aliphatic heterocycles. The van der Waals surface area contributed by atoms with E-state index in [2.05, 4.69) is 31.0 Å². The van der Waals surface area contributed by atoms with Gasteiger partial charge in [0.25, 0.3) is 0 Å². The molecule has 2 nitrogen and oxygen atoms in total. The molecule has 1 saturated heterocycles. The second kappa shape index (κ2) is 3.25. The van der Waals surface area contributed by atoms with Crippen LogP contribution in [0.4, 0.5) is 0 Å². The van der Waals surface area contributed by atoms with E-state index in [1.54, 1.807) is 0 Å². The molecular formula is C11H22N2. The van der Waals surface area contributed by atoms with Gasteiger partial charge in [-0.05, 0) is 25.7 Å². The normalized spacial score (nSPS) is 33.7. The van der Waals surface area contributed by atoms with Crippen molar-refractivity contribution >= 4 is 0 Å². The van der Waals surface area contributed by atoms with Crippen LogP contribution in [0.2, 0.25) is 0 Å². The molecule has 0 aromatic carbocycles. The van der Waals surface area contributed by atoms with E-state index in [1.807, 2.05) is 0 Å². The topological polar surface area (TPSA) is 15.3 Å². The summed E-state index contributed by atoms with van der Waals surface area (Å²) >= 11 is 0. The molecule has 1 unspecified atom stereocenters. The van der Waals surface area contributed by atoms with E-state index in [1.165, 1.54) is 32.5 Å². The van der Waals surface area contributed by atoms with Crippen LogP contribution in [-0.4, -0.2) is 36.1 Å². The van der Waals surface area contributed by atoms with Crippen LogP contribution in [0, 0.1) is 5.92 Å². The molecule has 1 atom stereocenters. The molecule has 0 amide bonds. The van der Waals surface area contributed by atoms with Crippen molar-refractivity contribution in [2.45, 2.75) is 45.2 Å². The zero-order chi connectivity index (χ0) is 9.47. The number of hydrogen-bond acceptors (Lipinski definition) is 2. The van der Waals surface area contributed by atoms with E-state index in [4.69, 9.17) is 0 Å². The summed E-state index contributed by atoms with van der Waals surface area (Å²) < 4.78 is 0. The van der Waals surface area contributed by atoms with E-state index in [-0.39, 0.29) is 0 Å². The molecule has 0 aromatic heterocycles. The van der Waals surface area contributed by atoms with Gasteiger partial charge in [-0.2, -0.15) is 0 Å². The minimum absolute atomic E-state index is 0.579. The SMILES string of the molecule is CC(C)C1CN(C2(C)CC2)CCN1. The number of hydrogen-bond donors (Lipinski definition) is 1. The molecule has 0 aromatic rings. The van der Waals surface area contributed by atoms with Gasteiger partial charge in [-0.15, -0.1) is 0 Å². The Kier molecular flexibility index (Phi) is 2.37. The predicted molar refractivity (Wildman–Crippen MR) is 55.8 cm³/mol. The van der Waals surface area contributed by atoms with Crippen molar-refractivity contribution < 1.29 is 0 Å². The highest BCUT2D eigenvalue weighted by atomic mass is 15.3. The maximum absolute atomic E-state index is 3.61. The van der Waals surface area contributed by atoms with Crippen molar-refractivity contribution in [2.24, 2.45) is 5.92 Å². The fraction of sp³-hybridized carbons (Fsp3) is 1.00. The number of nitrogens with zero attached hydrogens (tertiary/aromatic N) is 1. The summed E-state index contributed by atoms with van der Waals surface area (Å²) in [5.41, 5.74) is 0.579. The molecule has 2 rings (SSSR count). The van der Waals surface area contributed by atoms with Crippen LogP contribution in [0.3, 0.4) is 0 Å². The molecule has 13 heavy (non-hydrogen) atoms. The lowest BCUT2D eigenvalue weighted by atomic mass is 10.0. The van der Waals surface area contributed by atoms with Gasteiger partial charge in [0.05, 0.1) is 0 Å². The van der Waals surface area contributed by atoms with Crippen LogP contribution in [0.5, 0.6) is 0 Å². The molecule has 1 saturated carbocycles. The molecule has 2 aliphatic rings. The van der Waals surface area contributed by atoms with Gasteiger partial charge in [0.1, 0.15) is 0 Å². The summed E-state index contributed by atoms with van der Waals surface area (Å²) in [7, 11) is 0. The third-order valence-corrected chi connectivity index (χ3v) is 3.75. The molecule has 2 fully saturated rings. The smallest absolute Gasteiger partial charge is 0.0218 e. The highest BCUT2D eigenvalue weighted by Crippen LogP contribution is 2.41. The maximum Gasteiger partial charge on any atom is 0.0218 e. The van der Waals surface area contributed by atoms with E-state index in [0.29, 0.717) is 11.6 Å².